The molecule has 0 saturated heterocycles. The molecule has 0 aliphatic heterocycles. The van der Waals surface area contributed by atoms with Crippen molar-refractivity contribution in [3.63, 3.8) is 0 Å². The first-order chi connectivity index (χ1) is 6.35. The van der Waals surface area contributed by atoms with Crippen LogP contribution in [0.15, 0.2) is 0 Å². The molecule has 2 nitrogen and oxygen atoms in total. The number of halogens is 2. The second kappa shape index (κ2) is 3.93. The van der Waals surface area contributed by atoms with Gasteiger partial charge >= 0.3 is 0 Å². The van der Waals surface area contributed by atoms with Gasteiger partial charge in [0.15, 0.2) is 6.29 Å². The highest BCUT2D eigenvalue weighted by Gasteiger charge is 2.38. The molecule has 0 aromatic heterocycles. The smallest absolute Gasteiger partial charge is 0.248 e. The van der Waals surface area contributed by atoms with E-state index in [-0.39, 0.29) is 25.2 Å². The highest BCUT2D eigenvalue weighted by molar-refractivity contribution is 5.61. The van der Waals surface area contributed by atoms with E-state index in [9.17, 15) is 18.7 Å². The molecular formula is C10H16F2O2. The first-order valence-corrected chi connectivity index (χ1v) is 4.91. The lowest BCUT2D eigenvalue weighted by Gasteiger charge is -2.31. The van der Waals surface area contributed by atoms with Gasteiger partial charge in [-0.2, -0.15) is 0 Å². The third kappa shape index (κ3) is 3.33. The van der Waals surface area contributed by atoms with Crippen LogP contribution in [-0.4, -0.2) is 22.9 Å². The number of hydrogen-bond acceptors (Lipinski definition) is 2. The van der Waals surface area contributed by atoms with Crippen LogP contribution in [0, 0.1) is 5.92 Å². The van der Waals surface area contributed by atoms with E-state index < -0.39 is 11.5 Å². The Hall–Kier alpha value is -0.510. The van der Waals surface area contributed by atoms with Gasteiger partial charge in [0.05, 0.1) is 0 Å². The fraction of sp³-hybridized carbons (Fsp3) is 0.900. The molecular weight excluding hydrogens is 190 g/mol. The zero-order valence-electron chi connectivity index (χ0n) is 8.30. The van der Waals surface area contributed by atoms with Crippen LogP contribution in [0.2, 0.25) is 0 Å². The highest BCUT2D eigenvalue weighted by atomic mass is 19.3. The number of carbonyl (C=O) groups is 1. The van der Waals surface area contributed by atoms with E-state index in [1.54, 1.807) is 0 Å². The Morgan fingerprint density at radius 1 is 1.64 bits per heavy atom. The third-order valence-electron chi connectivity index (χ3n) is 2.70. The molecule has 82 valence electrons. The Morgan fingerprint density at radius 3 is 2.79 bits per heavy atom. The fourth-order valence-corrected chi connectivity index (χ4v) is 2.08. The summed E-state index contributed by atoms with van der Waals surface area (Å²) in [6, 6.07) is 0. The standard InChI is InChI=1S/C10H16F2O2/c1-9(14,7-13)5-8-3-2-4-10(11,12)6-8/h7-8,14H,2-6H2,1H3. The summed E-state index contributed by atoms with van der Waals surface area (Å²) >= 11 is 0. The van der Waals surface area contributed by atoms with Gasteiger partial charge < -0.3 is 9.90 Å². The fourth-order valence-electron chi connectivity index (χ4n) is 2.08. The van der Waals surface area contributed by atoms with E-state index in [1.165, 1.54) is 6.92 Å². The predicted molar refractivity (Wildman–Crippen MR) is 48.2 cm³/mol. The van der Waals surface area contributed by atoms with Gasteiger partial charge in [0.25, 0.3) is 0 Å². The molecule has 2 unspecified atom stereocenters. The van der Waals surface area contributed by atoms with Crippen molar-refractivity contribution in [3.05, 3.63) is 0 Å². The molecule has 0 amide bonds. The topological polar surface area (TPSA) is 37.3 Å². The summed E-state index contributed by atoms with van der Waals surface area (Å²) in [4.78, 5) is 10.4. The van der Waals surface area contributed by atoms with Crippen molar-refractivity contribution in [1.82, 2.24) is 0 Å². The molecule has 0 spiro atoms. The molecule has 2 atom stereocenters. The van der Waals surface area contributed by atoms with E-state index >= 15 is 0 Å². The molecule has 1 aliphatic carbocycles. The van der Waals surface area contributed by atoms with Gasteiger partial charge in [0.1, 0.15) is 5.60 Å². The van der Waals surface area contributed by atoms with Gasteiger partial charge in [0, 0.05) is 12.8 Å². The van der Waals surface area contributed by atoms with E-state index in [4.69, 9.17) is 0 Å². The van der Waals surface area contributed by atoms with Crippen LogP contribution in [0.3, 0.4) is 0 Å². The van der Waals surface area contributed by atoms with Gasteiger partial charge in [-0.05, 0) is 32.1 Å². The predicted octanol–water partition coefficient (Wildman–Crippen LogP) is 2.15. The number of aliphatic hydroxyl groups is 1. The van der Waals surface area contributed by atoms with Gasteiger partial charge in [-0.25, -0.2) is 8.78 Å². The SMILES string of the molecule is CC(O)(C=O)CC1CCCC(F)(F)C1. The molecule has 0 aromatic carbocycles. The molecule has 1 fully saturated rings. The molecule has 0 radical (unpaired) electrons. The number of aldehydes is 1. The summed E-state index contributed by atoms with van der Waals surface area (Å²) in [5, 5.41) is 9.43. The summed E-state index contributed by atoms with van der Waals surface area (Å²) < 4.78 is 25.9. The molecule has 1 aliphatic rings. The molecule has 0 aromatic rings. The molecule has 1 N–H and O–H groups in total. The lowest BCUT2D eigenvalue weighted by atomic mass is 9.80. The van der Waals surface area contributed by atoms with Crippen LogP contribution in [0.5, 0.6) is 0 Å². The summed E-state index contributed by atoms with van der Waals surface area (Å²) in [5.41, 5.74) is -1.45. The summed E-state index contributed by atoms with van der Waals surface area (Å²) in [6.07, 6.45) is 1.47. The van der Waals surface area contributed by atoms with Crippen LogP contribution >= 0.6 is 0 Å². The minimum Gasteiger partial charge on any atom is -0.383 e. The van der Waals surface area contributed by atoms with Gasteiger partial charge in [-0.3, -0.25) is 0 Å². The second-order valence-corrected chi connectivity index (χ2v) is 4.50. The van der Waals surface area contributed by atoms with Gasteiger partial charge in [0.2, 0.25) is 5.92 Å². The molecule has 0 bridgehead atoms. The average molecular weight is 206 g/mol. The molecule has 14 heavy (non-hydrogen) atoms. The summed E-state index contributed by atoms with van der Waals surface area (Å²) in [6.45, 7) is 1.37. The Labute approximate surface area is 82.3 Å². The van der Waals surface area contributed by atoms with Crippen molar-refractivity contribution in [3.8, 4) is 0 Å². The number of carbonyl (C=O) groups excluding carboxylic acids is 1. The van der Waals surface area contributed by atoms with Crippen molar-refractivity contribution in [2.24, 2.45) is 5.92 Å². The zero-order chi connectivity index (χ0) is 10.8. The Morgan fingerprint density at radius 2 is 2.29 bits per heavy atom. The van der Waals surface area contributed by atoms with E-state index in [2.05, 4.69) is 0 Å². The lowest BCUT2D eigenvalue weighted by molar-refractivity contribution is -0.126. The minimum atomic E-state index is -2.61. The Balaban J connectivity index is 2.50. The second-order valence-electron chi connectivity index (χ2n) is 4.50. The summed E-state index contributed by atoms with van der Waals surface area (Å²) in [7, 11) is 0. The van der Waals surface area contributed by atoms with Crippen LogP contribution in [-0.2, 0) is 4.79 Å². The highest BCUT2D eigenvalue weighted by Crippen LogP contribution is 2.39. The monoisotopic (exact) mass is 206 g/mol. The zero-order valence-corrected chi connectivity index (χ0v) is 8.30. The van der Waals surface area contributed by atoms with E-state index in [1.807, 2.05) is 0 Å². The maximum Gasteiger partial charge on any atom is 0.248 e. The molecule has 0 heterocycles. The maximum atomic E-state index is 13.0. The van der Waals surface area contributed by atoms with Crippen molar-refractivity contribution in [2.75, 3.05) is 0 Å². The van der Waals surface area contributed by atoms with E-state index in [0.29, 0.717) is 19.1 Å². The van der Waals surface area contributed by atoms with E-state index in [0.717, 1.165) is 0 Å². The van der Waals surface area contributed by atoms with Crippen molar-refractivity contribution >= 4 is 6.29 Å². The van der Waals surface area contributed by atoms with Crippen molar-refractivity contribution in [1.29, 1.82) is 0 Å². The number of alkyl halides is 2. The number of rotatable bonds is 3. The molecule has 4 heteroatoms. The first kappa shape index (κ1) is 11.6. The van der Waals surface area contributed by atoms with Crippen LogP contribution in [0.25, 0.3) is 0 Å². The average Bonchev–Trinajstić information content (AvgIpc) is 2.01. The number of hydrogen-bond donors (Lipinski definition) is 1. The minimum absolute atomic E-state index is 0.0628. The first-order valence-electron chi connectivity index (χ1n) is 4.91. The largest absolute Gasteiger partial charge is 0.383 e. The quantitative estimate of drug-likeness (QED) is 0.718. The third-order valence-corrected chi connectivity index (χ3v) is 2.70. The molecule has 1 rings (SSSR count). The lowest BCUT2D eigenvalue weighted by Crippen LogP contribution is -2.34. The Bertz CT molecular complexity index is 214. The van der Waals surface area contributed by atoms with Gasteiger partial charge in [-0.15, -0.1) is 0 Å². The van der Waals surface area contributed by atoms with Crippen LogP contribution in [0.4, 0.5) is 8.78 Å². The summed E-state index contributed by atoms with van der Waals surface area (Å²) in [5.74, 6) is -2.85. The van der Waals surface area contributed by atoms with Crippen LogP contribution in [0.1, 0.15) is 39.0 Å². The van der Waals surface area contributed by atoms with Crippen LogP contribution < -0.4 is 0 Å². The van der Waals surface area contributed by atoms with Crippen molar-refractivity contribution < 1.29 is 18.7 Å². The van der Waals surface area contributed by atoms with Gasteiger partial charge in [-0.1, -0.05) is 0 Å². The normalized spacial score (nSPS) is 30.7. The molecule has 1 saturated carbocycles. The maximum absolute atomic E-state index is 13.0. The van der Waals surface area contributed by atoms with Crippen molar-refractivity contribution in [2.45, 2.75) is 50.6 Å². The Kier molecular flexibility index (Phi) is 3.24.